The van der Waals surface area contributed by atoms with Gasteiger partial charge in [-0.1, -0.05) is 24.3 Å². The van der Waals surface area contributed by atoms with Crippen molar-refractivity contribution in [2.24, 2.45) is 0 Å². The van der Waals surface area contributed by atoms with E-state index in [-0.39, 0.29) is 19.2 Å². The van der Waals surface area contributed by atoms with Gasteiger partial charge < -0.3 is 24.7 Å². The van der Waals surface area contributed by atoms with Crippen LogP contribution < -0.4 is 14.8 Å². The molecule has 2 aliphatic heterocycles. The third kappa shape index (κ3) is 3.97. The molecule has 0 unspecified atom stereocenters. The maximum atomic E-state index is 12.9. The number of hydrogen-bond acceptors (Lipinski definition) is 5. The summed E-state index contributed by atoms with van der Waals surface area (Å²) in [5, 5.41) is 3.73. The monoisotopic (exact) mass is 448 g/mol. The molecule has 2 N–H and O–H groups in total. The van der Waals surface area contributed by atoms with Crippen LogP contribution >= 0.6 is 0 Å². The van der Waals surface area contributed by atoms with Crippen molar-refractivity contribution in [3.63, 3.8) is 0 Å². The van der Waals surface area contributed by atoms with Gasteiger partial charge in [-0.15, -0.1) is 0 Å². The lowest BCUT2D eigenvalue weighted by molar-refractivity contribution is -0.137. The minimum absolute atomic E-state index is 0.182. The van der Waals surface area contributed by atoms with E-state index in [1.54, 1.807) is 4.90 Å². The fourth-order valence-electron chi connectivity index (χ4n) is 4.26. The molecule has 0 saturated carbocycles. The predicted octanol–water partition coefficient (Wildman–Crippen LogP) is 2.41. The van der Waals surface area contributed by atoms with Gasteiger partial charge in [0, 0.05) is 36.6 Å². The van der Waals surface area contributed by atoms with Crippen molar-refractivity contribution in [1.29, 1.82) is 0 Å². The highest BCUT2D eigenvalue weighted by molar-refractivity contribution is 6.06. The Balaban J connectivity index is 1.24. The predicted molar refractivity (Wildman–Crippen MR) is 120 cm³/mol. The number of rotatable bonds is 7. The van der Waals surface area contributed by atoms with Crippen molar-refractivity contribution in [2.75, 3.05) is 19.9 Å². The number of H-pyrrole nitrogens is 1. The maximum Gasteiger partial charge on any atom is 0.325 e. The van der Waals surface area contributed by atoms with Gasteiger partial charge in [-0.05, 0) is 36.2 Å². The number of imide groups is 1. The number of amides is 4. The minimum atomic E-state index is -0.701. The number of likely N-dealkylation sites (N-methyl/N-ethyl adjacent to an activating group) is 1. The zero-order chi connectivity index (χ0) is 22.9. The van der Waals surface area contributed by atoms with Gasteiger partial charge in [-0.3, -0.25) is 14.5 Å². The number of carbonyl (C=O) groups is 3. The molecular weight excluding hydrogens is 424 g/mol. The summed E-state index contributed by atoms with van der Waals surface area (Å²) < 4.78 is 10.7. The van der Waals surface area contributed by atoms with E-state index in [1.807, 2.05) is 55.6 Å². The van der Waals surface area contributed by atoms with Crippen molar-refractivity contribution in [1.82, 2.24) is 20.1 Å². The fraction of sp³-hybridized carbons (Fsp3) is 0.292. The normalized spacial score (nSPS) is 17.0. The number of urea groups is 1. The van der Waals surface area contributed by atoms with Gasteiger partial charge in [0.2, 0.25) is 12.7 Å². The van der Waals surface area contributed by atoms with Gasteiger partial charge >= 0.3 is 6.03 Å². The Bertz CT molecular complexity index is 1240. The zero-order valence-electron chi connectivity index (χ0n) is 18.2. The summed E-state index contributed by atoms with van der Waals surface area (Å²) in [6.07, 6.45) is 2.20. The second-order valence-corrected chi connectivity index (χ2v) is 8.09. The number of ether oxygens (including phenoxy) is 2. The van der Waals surface area contributed by atoms with Crippen LogP contribution in [0.3, 0.4) is 0 Å². The first-order valence-corrected chi connectivity index (χ1v) is 10.9. The summed E-state index contributed by atoms with van der Waals surface area (Å²) in [5.74, 6) is 0.628. The first-order chi connectivity index (χ1) is 16.0. The standard InChI is InChI=1S/C24H24N4O5/c1-2-27(12-15-7-8-20-21(9-15)33-14-32-20)22(29)13-28-23(30)19(26-24(28)31)10-16-11-25-18-6-4-3-5-17(16)18/h3-9,11,19,25H,2,10,12-14H2,1H3,(H,26,31)/t19-/m0/s1. The fourth-order valence-corrected chi connectivity index (χ4v) is 4.26. The molecule has 1 atom stereocenters. The summed E-state index contributed by atoms with van der Waals surface area (Å²) in [6.45, 7) is 2.52. The van der Waals surface area contributed by atoms with Crippen LogP contribution in [-0.4, -0.2) is 58.6 Å². The lowest BCUT2D eigenvalue weighted by atomic mass is 10.1. The molecule has 170 valence electrons. The van der Waals surface area contributed by atoms with Crippen molar-refractivity contribution in [3.05, 3.63) is 59.8 Å². The van der Waals surface area contributed by atoms with Gasteiger partial charge in [-0.2, -0.15) is 0 Å². The largest absolute Gasteiger partial charge is 0.454 e. The number of aromatic nitrogens is 1. The van der Waals surface area contributed by atoms with Crippen LogP contribution in [0.2, 0.25) is 0 Å². The van der Waals surface area contributed by atoms with Crippen LogP contribution in [0.5, 0.6) is 11.5 Å². The highest BCUT2D eigenvalue weighted by Crippen LogP contribution is 2.32. The quantitative estimate of drug-likeness (QED) is 0.540. The zero-order valence-corrected chi connectivity index (χ0v) is 18.2. The summed E-state index contributed by atoms with van der Waals surface area (Å²) in [7, 11) is 0. The van der Waals surface area contributed by atoms with Gasteiger partial charge in [0.1, 0.15) is 12.6 Å². The summed E-state index contributed by atoms with van der Waals surface area (Å²) in [6, 6.07) is 12.1. The highest BCUT2D eigenvalue weighted by Gasteiger charge is 2.39. The van der Waals surface area contributed by atoms with Crippen LogP contribution in [0.4, 0.5) is 4.79 Å². The molecular formula is C24H24N4O5. The van der Waals surface area contributed by atoms with Crippen molar-refractivity contribution < 1.29 is 23.9 Å². The molecule has 0 spiro atoms. The maximum absolute atomic E-state index is 12.9. The van der Waals surface area contributed by atoms with Gasteiger partial charge in [0.05, 0.1) is 0 Å². The van der Waals surface area contributed by atoms with E-state index in [0.717, 1.165) is 26.9 Å². The second-order valence-electron chi connectivity index (χ2n) is 8.09. The average molecular weight is 448 g/mol. The number of nitrogens with one attached hydrogen (secondary N) is 2. The SMILES string of the molecule is CCN(Cc1ccc2c(c1)OCO2)C(=O)CN1C(=O)N[C@@H](Cc2c[nH]c3ccccc23)C1=O. The van der Waals surface area contributed by atoms with Crippen molar-refractivity contribution in [3.8, 4) is 11.5 Å². The Morgan fingerprint density at radius 3 is 2.82 bits per heavy atom. The molecule has 1 saturated heterocycles. The molecule has 3 heterocycles. The molecule has 2 aromatic carbocycles. The van der Waals surface area contributed by atoms with Gasteiger partial charge in [-0.25, -0.2) is 4.79 Å². The van der Waals surface area contributed by atoms with E-state index in [2.05, 4.69) is 10.3 Å². The molecule has 33 heavy (non-hydrogen) atoms. The van der Waals surface area contributed by atoms with E-state index < -0.39 is 18.0 Å². The summed E-state index contributed by atoms with van der Waals surface area (Å²) >= 11 is 0. The summed E-state index contributed by atoms with van der Waals surface area (Å²) in [4.78, 5) is 44.2. The van der Waals surface area contributed by atoms with E-state index in [9.17, 15) is 14.4 Å². The van der Waals surface area contributed by atoms with Gasteiger partial charge in [0.15, 0.2) is 11.5 Å². The number of fused-ring (bicyclic) bond motifs is 2. The number of carbonyl (C=O) groups excluding carboxylic acids is 3. The van der Waals surface area contributed by atoms with Crippen LogP contribution in [0, 0.1) is 0 Å². The average Bonchev–Trinajstić information content (AvgIpc) is 3.52. The molecule has 0 aliphatic carbocycles. The molecule has 2 aliphatic rings. The highest BCUT2D eigenvalue weighted by atomic mass is 16.7. The first kappa shape index (κ1) is 20.9. The Kier molecular flexibility index (Phi) is 5.37. The molecule has 0 bridgehead atoms. The van der Waals surface area contributed by atoms with Crippen molar-refractivity contribution >= 4 is 28.7 Å². The number of para-hydroxylation sites is 1. The van der Waals surface area contributed by atoms with E-state index >= 15 is 0 Å². The van der Waals surface area contributed by atoms with E-state index in [4.69, 9.17) is 9.47 Å². The smallest absolute Gasteiger partial charge is 0.325 e. The lowest BCUT2D eigenvalue weighted by Gasteiger charge is -2.23. The molecule has 0 radical (unpaired) electrons. The van der Waals surface area contributed by atoms with Crippen LogP contribution in [-0.2, 0) is 22.6 Å². The molecule has 9 heteroatoms. The molecule has 1 fully saturated rings. The van der Waals surface area contributed by atoms with E-state index in [0.29, 0.717) is 31.0 Å². The third-order valence-electron chi connectivity index (χ3n) is 6.04. The van der Waals surface area contributed by atoms with Crippen LogP contribution in [0.1, 0.15) is 18.1 Å². The Morgan fingerprint density at radius 2 is 1.97 bits per heavy atom. The minimum Gasteiger partial charge on any atom is -0.454 e. The topological polar surface area (TPSA) is 104 Å². The van der Waals surface area contributed by atoms with Gasteiger partial charge in [0.25, 0.3) is 5.91 Å². The van der Waals surface area contributed by atoms with Crippen LogP contribution in [0.15, 0.2) is 48.7 Å². The summed E-state index contributed by atoms with van der Waals surface area (Å²) in [5.41, 5.74) is 2.79. The molecule has 4 amide bonds. The van der Waals surface area contributed by atoms with Crippen molar-refractivity contribution in [2.45, 2.75) is 25.9 Å². The number of nitrogens with zero attached hydrogens (tertiary/aromatic N) is 2. The second kappa shape index (κ2) is 8.50. The molecule has 1 aromatic heterocycles. The molecule has 5 rings (SSSR count). The Labute approximate surface area is 190 Å². The third-order valence-corrected chi connectivity index (χ3v) is 6.04. The Hall–Kier alpha value is -4.01. The first-order valence-electron chi connectivity index (χ1n) is 10.9. The van der Waals surface area contributed by atoms with Crippen LogP contribution in [0.25, 0.3) is 10.9 Å². The Morgan fingerprint density at radius 1 is 1.15 bits per heavy atom. The number of hydrogen-bond donors (Lipinski definition) is 2. The molecule has 9 nitrogen and oxygen atoms in total. The molecule has 3 aromatic rings. The number of aromatic amines is 1. The lowest BCUT2D eigenvalue weighted by Crippen LogP contribution is -2.43. The van der Waals surface area contributed by atoms with E-state index in [1.165, 1.54) is 0 Å². The number of benzene rings is 2.